The predicted octanol–water partition coefficient (Wildman–Crippen LogP) is 1.04. The molecule has 1 amide bonds. The molecule has 20 heavy (non-hydrogen) atoms. The van der Waals surface area contributed by atoms with Gasteiger partial charge >= 0.3 is 5.97 Å². The van der Waals surface area contributed by atoms with E-state index >= 15 is 0 Å². The summed E-state index contributed by atoms with van der Waals surface area (Å²) in [5, 5.41) is 8.56. The number of carboxylic acid groups (broad SMARTS) is 1. The van der Waals surface area contributed by atoms with Crippen LogP contribution in [0.25, 0.3) is 0 Å². The van der Waals surface area contributed by atoms with Crippen LogP contribution in [0, 0.1) is 0 Å². The lowest BCUT2D eigenvalue weighted by Crippen LogP contribution is -2.47. The topological polar surface area (TPSA) is 76.1 Å². The molecule has 2 saturated heterocycles. The summed E-state index contributed by atoms with van der Waals surface area (Å²) in [6.07, 6.45) is 4.34. The first-order chi connectivity index (χ1) is 9.66. The normalized spacial score (nSPS) is 24.6. The highest BCUT2D eigenvalue weighted by Gasteiger charge is 2.30. The zero-order valence-corrected chi connectivity index (χ0v) is 11.8. The van der Waals surface area contributed by atoms with Crippen molar-refractivity contribution in [2.24, 2.45) is 0 Å². The van der Waals surface area contributed by atoms with Crippen LogP contribution < -0.4 is 0 Å². The van der Waals surface area contributed by atoms with E-state index in [1.165, 1.54) is 0 Å². The van der Waals surface area contributed by atoms with Gasteiger partial charge in [0.25, 0.3) is 5.91 Å². The summed E-state index contributed by atoms with van der Waals surface area (Å²) in [5.41, 5.74) is 0. The zero-order valence-electron chi connectivity index (χ0n) is 11.8. The monoisotopic (exact) mass is 285 g/mol. The molecule has 1 unspecified atom stereocenters. The Hall–Kier alpha value is -1.14. The van der Waals surface area contributed by atoms with E-state index in [0.717, 1.165) is 32.1 Å². The second-order valence-corrected chi connectivity index (χ2v) is 5.39. The van der Waals surface area contributed by atoms with E-state index in [1.54, 1.807) is 0 Å². The highest BCUT2D eigenvalue weighted by Crippen LogP contribution is 2.19. The molecule has 114 valence electrons. The Morgan fingerprint density at radius 2 is 1.95 bits per heavy atom. The Morgan fingerprint density at radius 1 is 1.20 bits per heavy atom. The molecule has 0 aliphatic carbocycles. The molecule has 2 aliphatic rings. The van der Waals surface area contributed by atoms with Crippen molar-refractivity contribution in [1.29, 1.82) is 0 Å². The molecule has 6 heteroatoms. The number of hydrogen-bond acceptors (Lipinski definition) is 4. The van der Waals surface area contributed by atoms with Crippen molar-refractivity contribution in [2.75, 3.05) is 26.3 Å². The maximum Gasteiger partial charge on any atom is 0.305 e. The molecule has 0 aromatic carbocycles. The lowest BCUT2D eigenvalue weighted by molar-refractivity contribution is -0.149. The molecule has 1 N–H and O–H groups in total. The second-order valence-electron chi connectivity index (χ2n) is 5.39. The quantitative estimate of drug-likeness (QED) is 0.816. The third-order valence-electron chi connectivity index (χ3n) is 3.88. The summed E-state index contributed by atoms with van der Waals surface area (Å²) < 4.78 is 11.0. The number of amides is 1. The van der Waals surface area contributed by atoms with Crippen molar-refractivity contribution in [2.45, 2.75) is 50.7 Å². The van der Waals surface area contributed by atoms with E-state index in [-0.39, 0.29) is 31.1 Å². The van der Waals surface area contributed by atoms with Gasteiger partial charge in [-0.3, -0.25) is 9.59 Å². The predicted molar refractivity (Wildman–Crippen MR) is 71.4 cm³/mol. The molecule has 0 spiro atoms. The summed E-state index contributed by atoms with van der Waals surface area (Å²) in [6, 6.07) is 0. The molecule has 2 aliphatic heterocycles. The van der Waals surface area contributed by atoms with Crippen molar-refractivity contribution in [3.8, 4) is 0 Å². The Labute approximate surface area is 119 Å². The van der Waals surface area contributed by atoms with E-state index in [9.17, 15) is 9.59 Å². The number of hydrogen-bond donors (Lipinski definition) is 1. The van der Waals surface area contributed by atoms with E-state index in [1.807, 2.05) is 4.90 Å². The minimum absolute atomic E-state index is 0.0368. The van der Waals surface area contributed by atoms with Gasteiger partial charge in [-0.1, -0.05) is 0 Å². The second kappa shape index (κ2) is 7.59. The van der Waals surface area contributed by atoms with Crippen molar-refractivity contribution in [3.63, 3.8) is 0 Å². The molecular formula is C14H23NO5. The highest BCUT2D eigenvalue weighted by molar-refractivity contribution is 5.81. The fraction of sp³-hybridized carbons (Fsp3) is 0.857. The number of aliphatic carboxylic acids is 1. The van der Waals surface area contributed by atoms with Gasteiger partial charge in [0.2, 0.25) is 0 Å². The largest absolute Gasteiger partial charge is 0.481 e. The molecule has 0 saturated carbocycles. The third-order valence-corrected chi connectivity index (χ3v) is 3.88. The number of piperidine rings is 1. The Kier molecular flexibility index (Phi) is 5.79. The lowest BCUT2D eigenvalue weighted by Gasteiger charge is -2.35. The molecule has 2 rings (SSSR count). The molecule has 0 radical (unpaired) electrons. The number of likely N-dealkylation sites (tertiary alicyclic amines) is 1. The van der Waals surface area contributed by atoms with E-state index < -0.39 is 5.97 Å². The summed E-state index contributed by atoms with van der Waals surface area (Å²) >= 11 is 0. The third kappa shape index (κ3) is 4.45. The first kappa shape index (κ1) is 15.3. The standard InChI is InChI=1S/C14H23NO5/c16-13(17)6-10-19-11-4-7-15(8-5-11)14(18)12-3-1-2-9-20-12/h11-12H,1-10H2,(H,16,17). The summed E-state index contributed by atoms with van der Waals surface area (Å²) in [5.74, 6) is -0.735. The number of rotatable bonds is 5. The maximum absolute atomic E-state index is 12.2. The molecule has 2 fully saturated rings. The van der Waals surface area contributed by atoms with Crippen LogP contribution in [0.3, 0.4) is 0 Å². The van der Waals surface area contributed by atoms with Gasteiger partial charge in [-0.25, -0.2) is 0 Å². The average molecular weight is 285 g/mol. The number of carbonyl (C=O) groups excluding carboxylic acids is 1. The van der Waals surface area contributed by atoms with Crippen LogP contribution >= 0.6 is 0 Å². The fourth-order valence-electron chi connectivity index (χ4n) is 2.69. The summed E-state index contributed by atoms with van der Waals surface area (Å²) in [6.45, 7) is 2.29. The van der Waals surface area contributed by atoms with Crippen molar-refractivity contribution in [3.05, 3.63) is 0 Å². The number of carbonyl (C=O) groups is 2. The first-order valence-corrected chi connectivity index (χ1v) is 7.40. The van der Waals surface area contributed by atoms with Crippen molar-refractivity contribution >= 4 is 11.9 Å². The Balaban J connectivity index is 1.68. The van der Waals surface area contributed by atoms with Crippen LogP contribution in [0.5, 0.6) is 0 Å². The van der Waals surface area contributed by atoms with E-state index in [2.05, 4.69) is 0 Å². The van der Waals surface area contributed by atoms with Crippen LogP contribution in [-0.2, 0) is 19.1 Å². The Morgan fingerprint density at radius 3 is 2.55 bits per heavy atom. The van der Waals surface area contributed by atoms with Crippen molar-refractivity contribution < 1.29 is 24.2 Å². The van der Waals surface area contributed by atoms with Gasteiger partial charge in [0.1, 0.15) is 6.10 Å². The lowest BCUT2D eigenvalue weighted by atomic mass is 10.0. The minimum Gasteiger partial charge on any atom is -0.481 e. The first-order valence-electron chi connectivity index (χ1n) is 7.40. The summed E-state index contributed by atoms with van der Waals surface area (Å²) in [7, 11) is 0. The van der Waals surface area contributed by atoms with Gasteiger partial charge in [-0.15, -0.1) is 0 Å². The fourth-order valence-corrected chi connectivity index (χ4v) is 2.69. The molecule has 0 aromatic rings. The van der Waals surface area contributed by atoms with Crippen LogP contribution in [0.4, 0.5) is 0 Å². The van der Waals surface area contributed by atoms with Crippen LogP contribution in [-0.4, -0.2) is 60.4 Å². The maximum atomic E-state index is 12.2. The van der Waals surface area contributed by atoms with E-state index in [4.69, 9.17) is 14.6 Å². The van der Waals surface area contributed by atoms with Gasteiger partial charge in [-0.2, -0.15) is 0 Å². The Bertz CT molecular complexity index is 332. The molecule has 2 heterocycles. The number of ether oxygens (including phenoxy) is 2. The minimum atomic E-state index is -0.841. The van der Waals surface area contributed by atoms with Gasteiger partial charge < -0.3 is 19.5 Å². The number of nitrogens with zero attached hydrogens (tertiary/aromatic N) is 1. The van der Waals surface area contributed by atoms with Gasteiger partial charge in [0, 0.05) is 19.7 Å². The van der Waals surface area contributed by atoms with Gasteiger partial charge in [0.05, 0.1) is 19.1 Å². The molecule has 0 bridgehead atoms. The van der Waals surface area contributed by atoms with Crippen LogP contribution in [0.2, 0.25) is 0 Å². The van der Waals surface area contributed by atoms with Gasteiger partial charge in [0.15, 0.2) is 0 Å². The molecule has 1 atom stereocenters. The van der Waals surface area contributed by atoms with Crippen LogP contribution in [0.1, 0.15) is 38.5 Å². The SMILES string of the molecule is O=C(O)CCOC1CCN(C(=O)C2CCCCO2)CC1. The van der Waals surface area contributed by atoms with E-state index in [0.29, 0.717) is 19.7 Å². The molecule has 6 nitrogen and oxygen atoms in total. The van der Waals surface area contributed by atoms with Crippen LogP contribution in [0.15, 0.2) is 0 Å². The summed E-state index contributed by atoms with van der Waals surface area (Å²) in [4.78, 5) is 24.5. The highest BCUT2D eigenvalue weighted by atomic mass is 16.5. The zero-order chi connectivity index (χ0) is 14.4. The van der Waals surface area contributed by atoms with Gasteiger partial charge in [-0.05, 0) is 32.1 Å². The van der Waals surface area contributed by atoms with Crippen molar-refractivity contribution in [1.82, 2.24) is 4.90 Å². The smallest absolute Gasteiger partial charge is 0.305 e. The average Bonchev–Trinajstić information content (AvgIpc) is 2.48. The number of carboxylic acids is 1. The molecule has 0 aromatic heterocycles. The molecular weight excluding hydrogens is 262 g/mol.